The molecule has 2 aromatic rings. The van der Waals surface area contributed by atoms with E-state index in [1.807, 2.05) is 24.3 Å². The minimum Gasteiger partial charge on any atom is -0.488 e. The van der Waals surface area contributed by atoms with Crippen LogP contribution in [-0.2, 0) is 6.42 Å². The molecule has 3 N–H and O–H groups in total. The van der Waals surface area contributed by atoms with Crippen molar-refractivity contribution in [3.8, 4) is 5.75 Å². The molecular formula is C14H14N4O2. The number of hydrogen-bond donors (Lipinski definition) is 2. The number of carbonyl (C=O) groups excluding carboxylic acids is 1. The maximum atomic E-state index is 11.9. The zero-order chi connectivity index (χ0) is 13.9. The predicted octanol–water partition coefficient (Wildman–Crippen LogP) is 0.792. The van der Waals surface area contributed by atoms with Gasteiger partial charge < -0.3 is 15.8 Å². The molecule has 0 unspecified atom stereocenters. The third-order valence-corrected chi connectivity index (χ3v) is 3.15. The van der Waals surface area contributed by atoms with Crippen LogP contribution in [-0.4, -0.2) is 28.5 Å². The van der Waals surface area contributed by atoms with Gasteiger partial charge in [0.15, 0.2) is 11.5 Å². The number of benzene rings is 1. The number of ether oxygens (including phenoxy) is 1. The first-order valence-electron chi connectivity index (χ1n) is 6.33. The number of nitrogens with one attached hydrogen (secondary N) is 1. The van der Waals surface area contributed by atoms with Crippen LogP contribution in [0, 0.1) is 0 Å². The van der Waals surface area contributed by atoms with Crippen molar-refractivity contribution in [2.75, 3.05) is 12.3 Å². The van der Waals surface area contributed by atoms with Crippen molar-refractivity contribution >= 4 is 11.7 Å². The molecular weight excluding hydrogens is 256 g/mol. The molecule has 1 aromatic heterocycles. The van der Waals surface area contributed by atoms with E-state index in [1.54, 1.807) is 0 Å². The van der Waals surface area contributed by atoms with E-state index in [9.17, 15) is 4.79 Å². The topological polar surface area (TPSA) is 90.1 Å². The maximum absolute atomic E-state index is 11.9. The highest BCUT2D eigenvalue weighted by Crippen LogP contribution is 2.27. The van der Waals surface area contributed by atoms with Crippen molar-refractivity contribution < 1.29 is 9.53 Å². The van der Waals surface area contributed by atoms with E-state index in [-0.39, 0.29) is 23.5 Å². The molecule has 3 rings (SSSR count). The van der Waals surface area contributed by atoms with Crippen molar-refractivity contribution in [3.05, 3.63) is 47.9 Å². The first kappa shape index (κ1) is 12.4. The Bertz CT molecular complexity index is 620. The van der Waals surface area contributed by atoms with E-state index >= 15 is 0 Å². The van der Waals surface area contributed by atoms with Crippen LogP contribution in [0.15, 0.2) is 36.7 Å². The Morgan fingerprint density at radius 2 is 2.15 bits per heavy atom. The second kappa shape index (κ2) is 5.16. The highest BCUT2D eigenvalue weighted by atomic mass is 16.5. The van der Waals surface area contributed by atoms with Gasteiger partial charge in [0.05, 0.1) is 6.54 Å². The molecule has 102 valence electrons. The molecule has 0 radical (unpaired) electrons. The Morgan fingerprint density at radius 1 is 1.35 bits per heavy atom. The lowest BCUT2D eigenvalue weighted by Gasteiger charge is -2.12. The summed E-state index contributed by atoms with van der Waals surface area (Å²) < 4.78 is 5.74. The van der Waals surface area contributed by atoms with Crippen LogP contribution in [0.2, 0.25) is 0 Å². The maximum Gasteiger partial charge on any atom is 0.273 e. The van der Waals surface area contributed by atoms with Gasteiger partial charge in [0.2, 0.25) is 0 Å². The van der Waals surface area contributed by atoms with Crippen molar-refractivity contribution in [3.63, 3.8) is 0 Å². The number of nitrogen functional groups attached to an aromatic ring is 1. The zero-order valence-electron chi connectivity index (χ0n) is 10.7. The van der Waals surface area contributed by atoms with Crippen molar-refractivity contribution in [1.29, 1.82) is 0 Å². The predicted molar refractivity (Wildman–Crippen MR) is 73.3 cm³/mol. The van der Waals surface area contributed by atoms with Gasteiger partial charge in [-0.3, -0.25) is 4.79 Å². The molecule has 0 saturated heterocycles. The smallest absolute Gasteiger partial charge is 0.273 e. The molecule has 1 aliphatic heterocycles. The van der Waals surface area contributed by atoms with Crippen molar-refractivity contribution in [1.82, 2.24) is 15.3 Å². The fraction of sp³-hybridized carbons (Fsp3) is 0.214. The standard InChI is InChI=1S/C14H14N4O2/c15-13-12(16-5-6-17-13)14(19)18-8-10-7-9-3-1-2-4-11(9)20-10/h1-6,10H,7-8H2,(H2,15,17)(H,18,19)/t10-/m1/s1. The van der Waals surface area contributed by atoms with Crippen LogP contribution in [0.5, 0.6) is 5.75 Å². The van der Waals surface area contributed by atoms with Gasteiger partial charge >= 0.3 is 0 Å². The summed E-state index contributed by atoms with van der Waals surface area (Å²) in [4.78, 5) is 19.7. The van der Waals surface area contributed by atoms with Crippen LogP contribution >= 0.6 is 0 Å². The number of nitrogens with two attached hydrogens (primary N) is 1. The van der Waals surface area contributed by atoms with Gasteiger partial charge in [-0.2, -0.15) is 0 Å². The third kappa shape index (κ3) is 2.40. The van der Waals surface area contributed by atoms with Gasteiger partial charge in [0.25, 0.3) is 5.91 Å². The average molecular weight is 270 g/mol. The molecule has 1 aliphatic rings. The minimum absolute atomic E-state index is 0.0609. The Kier molecular flexibility index (Phi) is 3.20. The van der Waals surface area contributed by atoms with E-state index in [0.717, 1.165) is 17.7 Å². The van der Waals surface area contributed by atoms with Gasteiger partial charge in [-0.15, -0.1) is 0 Å². The van der Waals surface area contributed by atoms with E-state index in [4.69, 9.17) is 10.5 Å². The molecule has 2 heterocycles. The number of nitrogens with zero attached hydrogens (tertiary/aromatic N) is 2. The fourth-order valence-corrected chi connectivity index (χ4v) is 2.18. The Balaban J connectivity index is 1.59. The Hall–Kier alpha value is -2.63. The summed E-state index contributed by atoms with van der Waals surface area (Å²) >= 11 is 0. The van der Waals surface area contributed by atoms with Crippen LogP contribution in [0.1, 0.15) is 16.1 Å². The second-order valence-electron chi connectivity index (χ2n) is 4.55. The number of fused-ring (bicyclic) bond motifs is 1. The number of hydrogen-bond acceptors (Lipinski definition) is 5. The first-order valence-corrected chi connectivity index (χ1v) is 6.33. The van der Waals surface area contributed by atoms with Crippen molar-refractivity contribution in [2.45, 2.75) is 12.5 Å². The fourth-order valence-electron chi connectivity index (χ4n) is 2.18. The summed E-state index contributed by atoms with van der Waals surface area (Å²) in [6.45, 7) is 0.406. The summed E-state index contributed by atoms with van der Waals surface area (Å²) in [7, 11) is 0. The number of para-hydroxylation sites is 1. The first-order chi connectivity index (χ1) is 9.74. The lowest BCUT2D eigenvalue weighted by molar-refractivity contribution is 0.0929. The molecule has 0 fully saturated rings. The summed E-state index contributed by atoms with van der Waals surface area (Å²) in [6, 6.07) is 7.86. The highest BCUT2D eigenvalue weighted by Gasteiger charge is 2.23. The van der Waals surface area contributed by atoms with E-state index in [0.29, 0.717) is 6.54 Å². The van der Waals surface area contributed by atoms with Crippen LogP contribution in [0.3, 0.4) is 0 Å². The molecule has 20 heavy (non-hydrogen) atoms. The van der Waals surface area contributed by atoms with Gasteiger partial charge in [0.1, 0.15) is 11.9 Å². The van der Waals surface area contributed by atoms with Gasteiger partial charge in [-0.25, -0.2) is 9.97 Å². The SMILES string of the molecule is Nc1nccnc1C(=O)NC[C@H]1Cc2ccccc2O1. The number of rotatable bonds is 3. The minimum atomic E-state index is -0.338. The van der Waals surface area contributed by atoms with Gasteiger partial charge in [-0.05, 0) is 11.6 Å². The molecule has 0 spiro atoms. The Labute approximate surface area is 116 Å². The normalized spacial score (nSPS) is 16.3. The molecule has 1 atom stereocenters. The molecule has 1 amide bonds. The van der Waals surface area contributed by atoms with E-state index in [2.05, 4.69) is 15.3 Å². The molecule has 1 aromatic carbocycles. The summed E-state index contributed by atoms with van der Waals surface area (Å²) in [5.74, 6) is 0.668. The summed E-state index contributed by atoms with van der Waals surface area (Å²) in [5.41, 5.74) is 6.91. The Morgan fingerprint density at radius 3 is 2.95 bits per heavy atom. The number of aromatic nitrogens is 2. The zero-order valence-corrected chi connectivity index (χ0v) is 10.7. The summed E-state index contributed by atoms with van der Waals surface area (Å²) in [6.07, 6.45) is 3.61. The quantitative estimate of drug-likeness (QED) is 0.860. The molecule has 0 aliphatic carbocycles. The highest BCUT2D eigenvalue weighted by molar-refractivity contribution is 5.96. The number of amides is 1. The summed E-state index contributed by atoms with van der Waals surface area (Å²) in [5, 5.41) is 2.77. The molecule has 6 nitrogen and oxygen atoms in total. The molecule has 6 heteroatoms. The van der Waals surface area contributed by atoms with Crippen LogP contribution in [0.25, 0.3) is 0 Å². The lowest BCUT2D eigenvalue weighted by atomic mass is 10.1. The van der Waals surface area contributed by atoms with Gasteiger partial charge in [-0.1, -0.05) is 18.2 Å². The number of carbonyl (C=O) groups is 1. The monoisotopic (exact) mass is 270 g/mol. The molecule has 0 bridgehead atoms. The average Bonchev–Trinajstić information content (AvgIpc) is 2.88. The second-order valence-corrected chi connectivity index (χ2v) is 4.55. The van der Waals surface area contributed by atoms with Gasteiger partial charge in [0, 0.05) is 18.8 Å². The van der Waals surface area contributed by atoms with Crippen molar-refractivity contribution in [2.24, 2.45) is 0 Å². The van der Waals surface area contributed by atoms with E-state index < -0.39 is 0 Å². The largest absolute Gasteiger partial charge is 0.488 e. The third-order valence-electron chi connectivity index (χ3n) is 3.15. The van der Waals surface area contributed by atoms with Crippen LogP contribution in [0.4, 0.5) is 5.82 Å². The van der Waals surface area contributed by atoms with E-state index in [1.165, 1.54) is 12.4 Å². The number of anilines is 1. The lowest BCUT2D eigenvalue weighted by Crippen LogP contribution is -2.35. The van der Waals surface area contributed by atoms with Crippen LogP contribution < -0.4 is 15.8 Å². The molecule has 0 saturated carbocycles.